The number of likely N-dealkylation sites (tertiary alicyclic amines) is 1. The Morgan fingerprint density at radius 2 is 1.70 bits per heavy atom. The molecule has 0 aromatic heterocycles. The number of carbonyl (C=O) groups excluding carboxylic acids is 1. The van der Waals surface area contributed by atoms with E-state index in [2.05, 4.69) is 6.42 Å². The minimum Gasteiger partial charge on any atom is -0.343 e. The van der Waals surface area contributed by atoms with Gasteiger partial charge in [0.2, 0.25) is 5.91 Å². The van der Waals surface area contributed by atoms with E-state index in [0.29, 0.717) is 12.8 Å². The molecule has 2 rings (SSSR count). The highest BCUT2D eigenvalue weighted by molar-refractivity contribution is 5.76. The summed E-state index contributed by atoms with van der Waals surface area (Å²) in [5, 5.41) is 0. The van der Waals surface area contributed by atoms with Crippen molar-refractivity contribution in [1.29, 1.82) is 0 Å². The van der Waals surface area contributed by atoms with Crippen LogP contribution in [0.5, 0.6) is 0 Å². The maximum Gasteiger partial charge on any atom is 0.416 e. The van der Waals surface area contributed by atoms with Crippen LogP contribution in [0.3, 0.4) is 0 Å². The van der Waals surface area contributed by atoms with Crippen LogP contribution in [0.1, 0.15) is 30.4 Å². The molecular weight excluding hydrogens is 267 g/mol. The summed E-state index contributed by atoms with van der Waals surface area (Å²) in [6.07, 6.45) is 0.541. The molecule has 0 atom stereocenters. The van der Waals surface area contributed by atoms with Gasteiger partial charge in [0.05, 0.1) is 5.56 Å². The normalized spacial score (nSPS) is 16.2. The Kier molecular flexibility index (Phi) is 4.68. The van der Waals surface area contributed by atoms with Crippen LogP contribution < -0.4 is 0 Å². The predicted molar refractivity (Wildman–Crippen MR) is 69.9 cm³/mol. The lowest BCUT2D eigenvalue weighted by Crippen LogP contribution is -2.35. The number of benzene rings is 1. The maximum atomic E-state index is 12.4. The molecule has 5 heteroatoms. The average molecular weight is 284 g/mol. The fourth-order valence-electron chi connectivity index (χ4n) is 2.27. The zero-order valence-corrected chi connectivity index (χ0v) is 11.1. The Bertz CT molecular complexity index is 447. The molecule has 1 heterocycles. The van der Waals surface area contributed by atoms with Crippen LogP contribution in [-0.4, -0.2) is 23.9 Å². The standard InChI is InChI=1S/C15H17F3NO/c16-15(17,18)13-7-4-12(5-8-13)6-9-14(20)19-10-2-1-3-11-19/h1,4-5,7-8H,2-3,6,9-11H2. The molecule has 0 N–H and O–H groups in total. The highest BCUT2D eigenvalue weighted by atomic mass is 19.4. The summed E-state index contributed by atoms with van der Waals surface area (Å²) < 4.78 is 37.2. The van der Waals surface area contributed by atoms with Gasteiger partial charge in [0.1, 0.15) is 0 Å². The molecule has 2 nitrogen and oxygen atoms in total. The molecule has 1 aromatic carbocycles. The fourth-order valence-corrected chi connectivity index (χ4v) is 2.27. The van der Waals surface area contributed by atoms with Gasteiger partial charge in [-0.2, -0.15) is 13.2 Å². The molecule has 1 fully saturated rings. The summed E-state index contributed by atoms with van der Waals surface area (Å²) in [6, 6.07) is 5.02. The smallest absolute Gasteiger partial charge is 0.343 e. The van der Waals surface area contributed by atoms with E-state index in [-0.39, 0.29) is 5.91 Å². The van der Waals surface area contributed by atoms with Gasteiger partial charge in [-0.1, -0.05) is 12.1 Å². The minimum absolute atomic E-state index is 0.0815. The number of hydrogen-bond donors (Lipinski definition) is 0. The molecule has 1 radical (unpaired) electrons. The first kappa shape index (κ1) is 14.9. The first-order valence-electron chi connectivity index (χ1n) is 6.72. The van der Waals surface area contributed by atoms with Gasteiger partial charge >= 0.3 is 6.18 Å². The van der Waals surface area contributed by atoms with E-state index in [1.165, 1.54) is 12.1 Å². The van der Waals surface area contributed by atoms with Crippen molar-refractivity contribution in [2.75, 3.05) is 13.1 Å². The van der Waals surface area contributed by atoms with Gasteiger partial charge in [-0.05, 0) is 43.4 Å². The quantitative estimate of drug-likeness (QED) is 0.832. The number of hydrogen-bond acceptors (Lipinski definition) is 1. The maximum absolute atomic E-state index is 12.4. The third kappa shape index (κ3) is 3.99. The molecule has 1 amide bonds. The molecule has 0 unspecified atom stereocenters. The second-order valence-corrected chi connectivity index (χ2v) is 4.94. The van der Waals surface area contributed by atoms with Crippen molar-refractivity contribution >= 4 is 5.91 Å². The van der Waals surface area contributed by atoms with Crippen LogP contribution in [-0.2, 0) is 17.4 Å². The van der Waals surface area contributed by atoms with Crippen molar-refractivity contribution in [3.63, 3.8) is 0 Å². The molecule has 20 heavy (non-hydrogen) atoms. The van der Waals surface area contributed by atoms with Crippen LogP contribution in [0.15, 0.2) is 24.3 Å². The number of carbonyl (C=O) groups is 1. The second-order valence-electron chi connectivity index (χ2n) is 4.94. The van der Waals surface area contributed by atoms with E-state index >= 15 is 0 Å². The summed E-state index contributed by atoms with van der Waals surface area (Å²) in [7, 11) is 0. The van der Waals surface area contributed by atoms with E-state index < -0.39 is 11.7 Å². The minimum atomic E-state index is -4.31. The van der Waals surface area contributed by atoms with E-state index in [0.717, 1.165) is 43.6 Å². The van der Waals surface area contributed by atoms with Gasteiger partial charge < -0.3 is 4.90 Å². The molecule has 1 saturated heterocycles. The second kappa shape index (κ2) is 6.29. The van der Waals surface area contributed by atoms with Gasteiger partial charge in [0, 0.05) is 19.5 Å². The number of aryl methyl sites for hydroxylation is 1. The first-order chi connectivity index (χ1) is 9.47. The predicted octanol–water partition coefficient (Wildman–Crippen LogP) is 3.46. The summed E-state index contributed by atoms with van der Waals surface area (Å²) in [5.41, 5.74) is 0.106. The molecule has 109 valence electrons. The van der Waals surface area contributed by atoms with Crippen LogP contribution in [0.25, 0.3) is 0 Å². The van der Waals surface area contributed by atoms with Crippen LogP contribution in [0.2, 0.25) is 0 Å². The number of halogens is 3. The third-order valence-corrected chi connectivity index (χ3v) is 3.47. The van der Waals surface area contributed by atoms with Crippen molar-refractivity contribution < 1.29 is 18.0 Å². The molecule has 1 aromatic rings. The van der Waals surface area contributed by atoms with Crippen molar-refractivity contribution in [3.8, 4) is 0 Å². The Balaban J connectivity index is 1.86. The summed E-state index contributed by atoms with van der Waals surface area (Å²) in [6.45, 7) is 1.51. The lowest BCUT2D eigenvalue weighted by atomic mass is 10.1. The van der Waals surface area contributed by atoms with Crippen LogP contribution in [0, 0.1) is 6.42 Å². The Morgan fingerprint density at radius 3 is 2.25 bits per heavy atom. The molecule has 1 aliphatic heterocycles. The number of alkyl halides is 3. The lowest BCUT2D eigenvalue weighted by Gasteiger charge is -2.26. The van der Waals surface area contributed by atoms with Crippen molar-refractivity contribution in [2.24, 2.45) is 0 Å². The molecule has 0 spiro atoms. The monoisotopic (exact) mass is 284 g/mol. The summed E-state index contributed by atoms with van der Waals surface area (Å²) >= 11 is 0. The van der Waals surface area contributed by atoms with Crippen LogP contribution >= 0.6 is 0 Å². The highest BCUT2D eigenvalue weighted by Crippen LogP contribution is 2.29. The van der Waals surface area contributed by atoms with Gasteiger partial charge in [0.15, 0.2) is 0 Å². The Morgan fingerprint density at radius 1 is 1.10 bits per heavy atom. The van der Waals surface area contributed by atoms with E-state index in [1.807, 2.05) is 4.90 Å². The number of piperidine rings is 1. The van der Waals surface area contributed by atoms with Gasteiger partial charge in [-0.25, -0.2) is 0 Å². The Hall–Kier alpha value is -1.52. The van der Waals surface area contributed by atoms with Gasteiger partial charge in [-0.3, -0.25) is 4.79 Å². The van der Waals surface area contributed by atoms with E-state index in [1.54, 1.807) is 0 Å². The number of rotatable bonds is 3. The zero-order chi connectivity index (χ0) is 14.6. The van der Waals surface area contributed by atoms with Crippen molar-refractivity contribution in [1.82, 2.24) is 4.90 Å². The van der Waals surface area contributed by atoms with E-state index in [9.17, 15) is 18.0 Å². The first-order valence-corrected chi connectivity index (χ1v) is 6.72. The number of amides is 1. The van der Waals surface area contributed by atoms with Gasteiger partial charge in [0.25, 0.3) is 0 Å². The fraction of sp³-hybridized carbons (Fsp3) is 0.467. The summed E-state index contributed by atoms with van der Waals surface area (Å²) in [4.78, 5) is 13.8. The largest absolute Gasteiger partial charge is 0.416 e. The Labute approximate surface area is 116 Å². The molecule has 0 bridgehead atoms. The third-order valence-electron chi connectivity index (χ3n) is 3.47. The van der Waals surface area contributed by atoms with Crippen molar-refractivity contribution in [2.45, 2.75) is 31.9 Å². The molecular formula is C15H17F3NO. The topological polar surface area (TPSA) is 20.3 Å². The molecule has 0 aliphatic carbocycles. The zero-order valence-electron chi connectivity index (χ0n) is 11.1. The molecule has 0 saturated carbocycles. The highest BCUT2D eigenvalue weighted by Gasteiger charge is 2.29. The summed E-state index contributed by atoms with van der Waals surface area (Å²) in [5.74, 6) is 0.0815. The number of nitrogens with zero attached hydrogens (tertiary/aromatic N) is 1. The molecule has 1 aliphatic rings. The van der Waals surface area contributed by atoms with E-state index in [4.69, 9.17) is 0 Å². The SMILES string of the molecule is O=C(CCc1ccc(C(F)(F)F)cc1)N1CC[CH]CC1. The van der Waals surface area contributed by atoms with Crippen LogP contribution in [0.4, 0.5) is 13.2 Å². The van der Waals surface area contributed by atoms with Gasteiger partial charge in [-0.15, -0.1) is 0 Å². The lowest BCUT2D eigenvalue weighted by molar-refractivity contribution is -0.137. The van der Waals surface area contributed by atoms with Crippen molar-refractivity contribution in [3.05, 3.63) is 41.8 Å². The average Bonchev–Trinajstić information content (AvgIpc) is 2.45.